The Hall–Kier alpha value is -0.940. The Kier molecular flexibility index (Phi) is 4.35. The van der Waals surface area contributed by atoms with Crippen LogP contribution in [0.1, 0.15) is 33.4 Å². The average molecular weight is 259 g/mol. The van der Waals surface area contributed by atoms with Crippen molar-refractivity contribution in [3.63, 3.8) is 0 Å². The zero-order chi connectivity index (χ0) is 13.1. The van der Waals surface area contributed by atoms with Crippen molar-refractivity contribution in [1.29, 1.82) is 0 Å². The van der Waals surface area contributed by atoms with E-state index in [1.165, 1.54) is 11.1 Å². The van der Waals surface area contributed by atoms with Gasteiger partial charge in [-0.25, -0.2) is 0 Å². The van der Waals surface area contributed by atoms with Crippen LogP contribution in [0.5, 0.6) is 0 Å². The molecule has 0 fully saturated rings. The van der Waals surface area contributed by atoms with E-state index in [0.29, 0.717) is 0 Å². The molecule has 0 saturated heterocycles. The molecule has 0 radical (unpaired) electrons. The fourth-order valence-corrected chi connectivity index (χ4v) is 4.82. The number of para-hydroxylation sites is 1. The van der Waals surface area contributed by atoms with Crippen LogP contribution in [-0.4, -0.2) is 16.3 Å². The molecule has 1 heterocycles. The molecule has 0 saturated carbocycles. The highest BCUT2D eigenvalue weighted by Crippen LogP contribution is 2.48. The Bertz CT molecular complexity index is 511. The zero-order valence-corrected chi connectivity index (χ0v) is 12.6. The van der Waals surface area contributed by atoms with Gasteiger partial charge in [0.15, 0.2) is 0 Å². The molecular formula is C16H22NP. The Morgan fingerprint density at radius 1 is 0.944 bits per heavy atom. The number of pyridine rings is 1. The second-order valence-electron chi connectivity index (χ2n) is 5.36. The maximum atomic E-state index is 4.80. The lowest BCUT2D eigenvalue weighted by molar-refractivity contribution is 0.989. The predicted octanol–water partition coefficient (Wildman–Crippen LogP) is 5.03. The molecular weight excluding hydrogens is 237 g/mol. The molecule has 1 aromatic carbocycles. The minimum Gasteiger partial charge on any atom is -0.252 e. The molecule has 0 aliphatic rings. The molecule has 0 atom stereocenters. The van der Waals surface area contributed by atoms with E-state index in [1.807, 2.05) is 0 Å². The summed E-state index contributed by atoms with van der Waals surface area (Å²) in [6, 6.07) is 12.8. The van der Waals surface area contributed by atoms with E-state index in [2.05, 4.69) is 64.1 Å². The van der Waals surface area contributed by atoms with Crippen LogP contribution in [-0.2, 0) is 6.16 Å². The third-order valence-corrected chi connectivity index (χ3v) is 6.67. The molecule has 0 amide bonds. The Morgan fingerprint density at radius 3 is 2.28 bits per heavy atom. The number of fused-ring (bicyclic) bond motifs is 1. The Balaban J connectivity index is 2.25. The van der Waals surface area contributed by atoms with Gasteiger partial charge in [-0.15, -0.1) is 0 Å². The van der Waals surface area contributed by atoms with Gasteiger partial charge in [0.1, 0.15) is 0 Å². The molecule has 0 aliphatic carbocycles. The van der Waals surface area contributed by atoms with Crippen molar-refractivity contribution in [3.05, 3.63) is 42.1 Å². The summed E-state index contributed by atoms with van der Waals surface area (Å²) in [7, 11) is 0.0272. The highest BCUT2D eigenvalue weighted by atomic mass is 31.1. The first-order valence-electron chi connectivity index (χ1n) is 6.68. The van der Waals surface area contributed by atoms with Crippen molar-refractivity contribution < 1.29 is 0 Å². The minimum atomic E-state index is 0.0272. The molecule has 2 rings (SSSR count). The van der Waals surface area contributed by atoms with Gasteiger partial charge in [-0.2, -0.15) is 0 Å². The minimum absolute atomic E-state index is 0.0272. The lowest BCUT2D eigenvalue weighted by atomic mass is 10.2. The first-order valence-corrected chi connectivity index (χ1v) is 8.35. The summed E-state index contributed by atoms with van der Waals surface area (Å²) < 4.78 is 0. The fraction of sp³-hybridized carbons (Fsp3) is 0.438. The maximum Gasteiger partial charge on any atom is 0.0705 e. The summed E-state index contributed by atoms with van der Waals surface area (Å²) in [6.45, 7) is 9.36. The van der Waals surface area contributed by atoms with Gasteiger partial charge < -0.3 is 0 Å². The van der Waals surface area contributed by atoms with Crippen molar-refractivity contribution in [2.75, 3.05) is 0 Å². The highest BCUT2D eigenvalue weighted by molar-refractivity contribution is 7.58. The molecule has 2 aromatic rings. The van der Waals surface area contributed by atoms with Crippen LogP contribution in [0, 0.1) is 0 Å². The maximum absolute atomic E-state index is 4.80. The molecule has 0 bridgehead atoms. The fourth-order valence-electron chi connectivity index (χ4n) is 2.34. The van der Waals surface area contributed by atoms with Crippen molar-refractivity contribution >= 4 is 18.8 Å². The first-order chi connectivity index (χ1) is 8.58. The van der Waals surface area contributed by atoms with Crippen LogP contribution in [0.4, 0.5) is 0 Å². The van der Waals surface area contributed by atoms with Crippen molar-refractivity contribution in [1.82, 2.24) is 4.98 Å². The lowest BCUT2D eigenvalue weighted by Crippen LogP contribution is -2.06. The molecule has 0 unspecified atom stereocenters. The topological polar surface area (TPSA) is 12.9 Å². The third-order valence-electron chi connectivity index (χ3n) is 3.33. The van der Waals surface area contributed by atoms with Crippen LogP contribution in [0.3, 0.4) is 0 Å². The second kappa shape index (κ2) is 5.80. The summed E-state index contributed by atoms with van der Waals surface area (Å²) in [5.74, 6) is 0. The van der Waals surface area contributed by atoms with E-state index >= 15 is 0 Å². The molecule has 0 N–H and O–H groups in total. The summed E-state index contributed by atoms with van der Waals surface area (Å²) in [4.78, 5) is 4.80. The second-order valence-corrected chi connectivity index (χ2v) is 8.77. The molecule has 96 valence electrons. The van der Waals surface area contributed by atoms with Crippen LogP contribution >= 0.6 is 7.92 Å². The van der Waals surface area contributed by atoms with E-state index < -0.39 is 0 Å². The number of hydrogen-bond donors (Lipinski definition) is 0. The summed E-state index contributed by atoms with van der Waals surface area (Å²) in [5.41, 5.74) is 3.92. The van der Waals surface area contributed by atoms with Crippen LogP contribution in [0.25, 0.3) is 10.9 Å². The highest BCUT2D eigenvalue weighted by Gasteiger charge is 2.17. The van der Waals surface area contributed by atoms with Crippen LogP contribution in [0.2, 0.25) is 0 Å². The smallest absolute Gasteiger partial charge is 0.0705 e. The number of benzene rings is 1. The van der Waals surface area contributed by atoms with E-state index in [-0.39, 0.29) is 7.92 Å². The average Bonchev–Trinajstić information content (AvgIpc) is 2.35. The summed E-state index contributed by atoms with van der Waals surface area (Å²) in [6.07, 6.45) is 1.15. The molecule has 0 aliphatic heterocycles. The summed E-state index contributed by atoms with van der Waals surface area (Å²) >= 11 is 0. The van der Waals surface area contributed by atoms with Crippen LogP contribution in [0.15, 0.2) is 36.4 Å². The van der Waals surface area contributed by atoms with Gasteiger partial charge in [-0.1, -0.05) is 59.9 Å². The number of nitrogens with zero attached hydrogens (tertiary/aromatic N) is 1. The van der Waals surface area contributed by atoms with Crippen LogP contribution < -0.4 is 0 Å². The van der Waals surface area contributed by atoms with Crippen molar-refractivity contribution in [3.8, 4) is 0 Å². The van der Waals surface area contributed by atoms with Gasteiger partial charge in [0.2, 0.25) is 0 Å². The largest absolute Gasteiger partial charge is 0.252 e. The molecule has 18 heavy (non-hydrogen) atoms. The van der Waals surface area contributed by atoms with Gasteiger partial charge >= 0.3 is 0 Å². The Labute approximate surface area is 111 Å². The van der Waals surface area contributed by atoms with Gasteiger partial charge in [-0.3, -0.25) is 4.98 Å². The quantitative estimate of drug-likeness (QED) is 0.701. The standard InChI is InChI=1S/C16H22NP/c1-12(2)18(13(3)4)11-15-10-9-14-7-5-6-8-16(14)17-15/h5-10,12-13H,11H2,1-4H3. The van der Waals surface area contributed by atoms with E-state index in [4.69, 9.17) is 4.98 Å². The van der Waals surface area contributed by atoms with E-state index in [0.717, 1.165) is 23.0 Å². The number of rotatable bonds is 4. The normalized spacial score (nSPS) is 11.9. The molecule has 1 nitrogen and oxygen atoms in total. The third kappa shape index (κ3) is 3.09. The molecule has 1 aromatic heterocycles. The number of aromatic nitrogens is 1. The van der Waals surface area contributed by atoms with E-state index in [9.17, 15) is 0 Å². The SMILES string of the molecule is CC(C)P(Cc1ccc2ccccc2n1)C(C)C. The van der Waals surface area contributed by atoms with Gasteiger partial charge in [-0.05, 0) is 23.5 Å². The van der Waals surface area contributed by atoms with Gasteiger partial charge in [0, 0.05) is 17.2 Å². The Morgan fingerprint density at radius 2 is 1.61 bits per heavy atom. The monoisotopic (exact) mass is 259 g/mol. The van der Waals surface area contributed by atoms with Gasteiger partial charge in [0.05, 0.1) is 5.52 Å². The molecule has 0 spiro atoms. The first kappa shape index (κ1) is 13.5. The predicted molar refractivity (Wildman–Crippen MR) is 82.6 cm³/mol. The van der Waals surface area contributed by atoms with Crippen molar-refractivity contribution in [2.45, 2.75) is 45.2 Å². The van der Waals surface area contributed by atoms with Gasteiger partial charge in [0.25, 0.3) is 0 Å². The zero-order valence-electron chi connectivity index (χ0n) is 11.7. The van der Waals surface area contributed by atoms with Crippen molar-refractivity contribution in [2.24, 2.45) is 0 Å². The summed E-state index contributed by atoms with van der Waals surface area (Å²) in [5, 5.41) is 1.24. The number of hydrogen-bond acceptors (Lipinski definition) is 1. The van der Waals surface area contributed by atoms with E-state index in [1.54, 1.807) is 0 Å². The molecule has 2 heteroatoms. The lowest BCUT2D eigenvalue weighted by Gasteiger charge is -2.25.